The molecule has 1 heterocycles. The van der Waals surface area contributed by atoms with E-state index in [2.05, 4.69) is 10.3 Å². The van der Waals surface area contributed by atoms with E-state index in [4.69, 9.17) is 11.5 Å². The highest BCUT2D eigenvalue weighted by Crippen LogP contribution is 2.17. The number of benzene rings is 1. The summed E-state index contributed by atoms with van der Waals surface area (Å²) in [7, 11) is 0. The molecular formula is C14H19ClN4O2. The molecule has 6 N–H and O–H groups in total. The molecule has 0 aliphatic carbocycles. The molecule has 21 heavy (non-hydrogen) atoms. The number of halogens is 1. The molecule has 1 atom stereocenters. The second kappa shape index (κ2) is 7.66. The Kier molecular flexibility index (Phi) is 6.20. The SMILES string of the molecule is Cl.NC(=O)CC(N)C(=O)NCCc1c[nH]c2ccccc12. The van der Waals surface area contributed by atoms with Crippen LogP contribution < -0.4 is 16.8 Å². The Hall–Kier alpha value is -2.05. The van der Waals surface area contributed by atoms with Crippen molar-refractivity contribution in [3.8, 4) is 0 Å². The highest BCUT2D eigenvalue weighted by molar-refractivity contribution is 5.87. The summed E-state index contributed by atoms with van der Waals surface area (Å²) < 4.78 is 0. The zero-order chi connectivity index (χ0) is 14.5. The van der Waals surface area contributed by atoms with Crippen LogP contribution in [0.5, 0.6) is 0 Å². The van der Waals surface area contributed by atoms with Crippen LogP contribution >= 0.6 is 12.4 Å². The van der Waals surface area contributed by atoms with E-state index in [0.717, 1.165) is 16.5 Å². The third-order valence-corrected chi connectivity index (χ3v) is 3.13. The van der Waals surface area contributed by atoms with Crippen molar-refractivity contribution in [1.82, 2.24) is 10.3 Å². The van der Waals surface area contributed by atoms with E-state index in [-0.39, 0.29) is 24.7 Å². The third kappa shape index (κ3) is 4.47. The Balaban J connectivity index is 0.00000220. The van der Waals surface area contributed by atoms with Crippen LogP contribution in [0.25, 0.3) is 10.9 Å². The number of nitrogens with two attached hydrogens (primary N) is 2. The van der Waals surface area contributed by atoms with Crippen molar-refractivity contribution >= 4 is 35.1 Å². The number of carbonyl (C=O) groups is 2. The first-order valence-electron chi connectivity index (χ1n) is 6.44. The molecular weight excluding hydrogens is 292 g/mol. The van der Waals surface area contributed by atoms with Crippen molar-refractivity contribution in [1.29, 1.82) is 0 Å². The monoisotopic (exact) mass is 310 g/mol. The zero-order valence-electron chi connectivity index (χ0n) is 11.5. The predicted octanol–water partition coefficient (Wildman–Crippen LogP) is 0.451. The largest absolute Gasteiger partial charge is 0.370 e. The van der Waals surface area contributed by atoms with E-state index in [1.807, 2.05) is 30.5 Å². The maximum atomic E-state index is 11.6. The summed E-state index contributed by atoms with van der Waals surface area (Å²) in [5.41, 5.74) is 12.7. The minimum Gasteiger partial charge on any atom is -0.370 e. The van der Waals surface area contributed by atoms with Crippen molar-refractivity contribution in [2.24, 2.45) is 11.5 Å². The lowest BCUT2D eigenvalue weighted by Gasteiger charge is -2.10. The number of H-pyrrole nitrogens is 1. The molecule has 0 fully saturated rings. The molecule has 0 saturated carbocycles. The fraction of sp³-hybridized carbons (Fsp3) is 0.286. The second-order valence-corrected chi connectivity index (χ2v) is 4.68. The van der Waals surface area contributed by atoms with Crippen LogP contribution in [0.1, 0.15) is 12.0 Å². The number of para-hydroxylation sites is 1. The van der Waals surface area contributed by atoms with Crippen LogP contribution in [0.15, 0.2) is 30.5 Å². The Morgan fingerprint density at radius 2 is 2.00 bits per heavy atom. The van der Waals surface area contributed by atoms with Gasteiger partial charge in [0, 0.05) is 23.6 Å². The smallest absolute Gasteiger partial charge is 0.237 e. The molecule has 1 aromatic heterocycles. The van der Waals surface area contributed by atoms with Crippen LogP contribution in [0.2, 0.25) is 0 Å². The van der Waals surface area contributed by atoms with Crippen molar-refractivity contribution in [3.63, 3.8) is 0 Å². The number of nitrogens with one attached hydrogen (secondary N) is 2. The van der Waals surface area contributed by atoms with Gasteiger partial charge in [0.05, 0.1) is 12.5 Å². The number of rotatable bonds is 6. The predicted molar refractivity (Wildman–Crippen MR) is 84.0 cm³/mol. The highest BCUT2D eigenvalue weighted by Gasteiger charge is 2.15. The normalized spacial score (nSPS) is 11.7. The zero-order valence-corrected chi connectivity index (χ0v) is 12.3. The van der Waals surface area contributed by atoms with Gasteiger partial charge in [0.2, 0.25) is 11.8 Å². The summed E-state index contributed by atoms with van der Waals surface area (Å²) in [6, 6.07) is 7.09. The van der Waals surface area contributed by atoms with Gasteiger partial charge in [0.25, 0.3) is 0 Å². The van der Waals surface area contributed by atoms with Gasteiger partial charge < -0.3 is 21.8 Å². The lowest BCUT2D eigenvalue weighted by Crippen LogP contribution is -2.43. The molecule has 6 nitrogen and oxygen atoms in total. The molecule has 0 aliphatic rings. The molecule has 0 aliphatic heterocycles. The van der Waals surface area contributed by atoms with E-state index in [1.54, 1.807) is 0 Å². The van der Waals surface area contributed by atoms with Gasteiger partial charge in [-0.1, -0.05) is 18.2 Å². The molecule has 0 spiro atoms. The van der Waals surface area contributed by atoms with Gasteiger partial charge in [-0.25, -0.2) is 0 Å². The summed E-state index contributed by atoms with van der Waals surface area (Å²) in [4.78, 5) is 25.5. The van der Waals surface area contributed by atoms with E-state index in [0.29, 0.717) is 13.0 Å². The molecule has 2 amide bonds. The third-order valence-electron chi connectivity index (χ3n) is 3.13. The van der Waals surface area contributed by atoms with Crippen LogP contribution in [-0.2, 0) is 16.0 Å². The summed E-state index contributed by atoms with van der Waals surface area (Å²) in [6.45, 7) is 0.465. The number of hydrogen-bond acceptors (Lipinski definition) is 3. The number of amides is 2. The molecule has 0 radical (unpaired) electrons. The van der Waals surface area contributed by atoms with Gasteiger partial charge >= 0.3 is 0 Å². The van der Waals surface area contributed by atoms with Crippen molar-refractivity contribution in [3.05, 3.63) is 36.0 Å². The Morgan fingerprint density at radius 3 is 2.71 bits per heavy atom. The summed E-state index contributed by atoms with van der Waals surface area (Å²) in [5.74, 6) is -0.937. The molecule has 1 unspecified atom stereocenters. The number of aromatic nitrogens is 1. The van der Waals surface area contributed by atoms with Gasteiger partial charge in [-0.2, -0.15) is 0 Å². The average Bonchev–Trinajstić information content (AvgIpc) is 2.81. The second-order valence-electron chi connectivity index (χ2n) is 4.68. The number of primary amides is 1. The topological polar surface area (TPSA) is 114 Å². The van der Waals surface area contributed by atoms with Crippen LogP contribution in [0.4, 0.5) is 0 Å². The lowest BCUT2D eigenvalue weighted by atomic mass is 10.1. The molecule has 2 rings (SSSR count). The average molecular weight is 311 g/mol. The molecule has 7 heteroatoms. The molecule has 0 saturated heterocycles. The van der Waals surface area contributed by atoms with Gasteiger partial charge in [-0.15, -0.1) is 12.4 Å². The minimum atomic E-state index is -0.879. The van der Waals surface area contributed by atoms with Crippen LogP contribution in [0.3, 0.4) is 0 Å². The first kappa shape index (κ1) is 17.0. The van der Waals surface area contributed by atoms with Crippen LogP contribution in [0, 0.1) is 0 Å². The van der Waals surface area contributed by atoms with E-state index in [1.165, 1.54) is 0 Å². The van der Waals surface area contributed by atoms with Gasteiger partial charge in [0.1, 0.15) is 0 Å². The Morgan fingerprint density at radius 1 is 1.29 bits per heavy atom. The highest BCUT2D eigenvalue weighted by atomic mass is 35.5. The maximum Gasteiger partial charge on any atom is 0.237 e. The van der Waals surface area contributed by atoms with Gasteiger partial charge in [-0.05, 0) is 18.1 Å². The molecule has 0 bridgehead atoms. The van der Waals surface area contributed by atoms with Crippen LogP contribution in [-0.4, -0.2) is 29.4 Å². The Labute approximate surface area is 128 Å². The number of fused-ring (bicyclic) bond motifs is 1. The van der Waals surface area contributed by atoms with Crippen molar-refractivity contribution in [2.45, 2.75) is 18.9 Å². The molecule has 2 aromatic rings. The first-order chi connectivity index (χ1) is 9.58. The number of carbonyl (C=O) groups excluding carboxylic acids is 2. The van der Waals surface area contributed by atoms with Gasteiger partial charge in [0.15, 0.2) is 0 Å². The van der Waals surface area contributed by atoms with E-state index >= 15 is 0 Å². The fourth-order valence-electron chi connectivity index (χ4n) is 2.10. The quantitative estimate of drug-likeness (QED) is 0.621. The Bertz CT molecular complexity index is 626. The summed E-state index contributed by atoms with van der Waals surface area (Å²) in [5, 5.41) is 3.85. The van der Waals surface area contributed by atoms with E-state index in [9.17, 15) is 9.59 Å². The minimum absolute atomic E-state index is 0. The number of aromatic amines is 1. The lowest BCUT2D eigenvalue weighted by molar-refractivity contribution is -0.126. The summed E-state index contributed by atoms with van der Waals surface area (Å²) >= 11 is 0. The molecule has 1 aromatic carbocycles. The van der Waals surface area contributed by atoms with Crippen molar-refractivity contribution in [2.75, 3.05) is 6.54 Å². The standard InChI is InChI=1S/C14H18N4O2.ClH/c15-11(7-13(16)19)14(20)17-6-5-9-8-18-12-4-2-1-3-10(9)12;/h1-4,8,11,18H,5-7,15H2,(H2,16,19)(H,17,20);1H. The van der Waals surface area contributed by atoms with Gasteiger partial charge in [-0.3, -0.25) is 9.59 Å². The maximum absolute atomic E-state index is 11.6. The molecule has 114 valence electrons. The van der Waals surface area contributed by atoms with Crippen molar-refractivity contribution < 1.29 is 9.59 Å². The fourth-order valence-corrected chi connectivity index (χ4v) is 2.10. The van der Waals surface area contributed by atoms with E-state index < -0.39 is 11.9 Å². The number of hydrogen-bond donors (Lipinski definition) is 4. The first-order valence-corrected chi connectivity index (χ1v) is 6.44. The summed E-state index contributed by atoms with van der Waals surface area (Å²) in [6.07, 6.45) is 2.48.